The van der Waals surface area contributed by atoms with Crippen LogP contribution in [0.5, 0.6) is 0 Å². The predicted octanol–water partition coefficient (Wildman–Crippen LogP) is 3.91. The van der Waals surface area contributed by atoms with Gasteiger partial charge in [0, 0.05) is 29.6 Å². The number of aryl methyl sites for hydroxylation is 2. The topological polar surface area (TPSA) is 24.7 Å². The lowest BCUT2D eigenvalue weighted by Gasteiger charge is -2.55. The Hall–Kier alpha value is -2.08. The van der Waals surface area contributed by atoms with Crippen LogP contribution in [0.25, 0.3) is 4.85 Å². The number of para-hydroxylation sites is 1. The number of carbonyl (C=O) groups excluding carboxylic acids is 1. The number of ketones is 1. The number of allylic oxidation sites excluding steroid dienone is 1. The Morgan fingerprint density at radius 1 is 1.18 bits per heavy atom. The van der Waals surface area contributed by atoms with Crippen LogP contribution in [0.1, 0.15) is 31.4 Å². The molecule has 1 aromatic carbocycles. The van der Waals surface area contributed by atoms with Crippen LogP contribution in [-0.2, 0) is 4.79 Å². The molecule has 0 unspecified atom stereocenters. The van der Waals surface area contributed by atoms with E-state index >= 15 is 0 Å². The van der Waals surface area contributed by atoms with Gasteiger partial charge >= 0.3 is 0 Å². The zero-order valence-electron chi connectivity index (χ0n) is 13.7. The molecule has 1 aliphatic heterocycles. The average Bonchev–Trinajstić information content (AvgIpc) is 2.40. The van der Waals surface area contributed by atoms with E-state index in [1.54, 1.807) is 0 Å². The van der Waals surface area contributed by atoms with Gasteiger partial charge in [-0.05, 0) is 31.4 Å². The quantitative estimate of drug-likeness (QED) is 0.734. The van der Waals surface area contributed by atoms with E-state index in [1.165, 1.54) is 16.8 Å². The highest BCUT2D eigenvalue weighted by atomic mass is 16.1. The summed E-state index contributed by atoms with van der Waals surface area (Å²) in [5.74, 6) is -0.00125. The van der Waals surface area contributed by atoms with Crippen LogP contribution in [-0.4, -0.2) is 18.9 Å². The molecule has 0 saturated carbocycles. The van der Waals surface area contributed by atoms with Crippen molar-refractivity contribution in [1.82, 2.24) is 0 Å². The number of hydrogen-bond donors (Lipinski definition) is 0. The van der Waals surface area contributed by atoms with Crippen LogP contribution < -0.4 is 4.90 Å². The zero-order chi connectivity index (χ0) is 16.1. The molecule has 1 aliphatic carbocycles. The molecule has 114 valence electrons. The molecule has 1 spiro atoms. The van der Waals surface area contributed by atoms with Gasteiger partial charge in [-0.2, -0.15) is 0 Å². The Kier molecular flexibility index (Phi) is 3.18. The molecule has 0 amide bonds. The van der Waals surface area contributed by atoms with Gasteiger partial charge in [0.15, 0.2) is 5.78 Å². The molecule has 2 aliphatic rings. The van der Waals surface area contributed by atoms with Crippen molar-refractivity contribution in [3.05, 3.63) is 52.5 Å². The molecule has 3 heteroatoms. The van der Waals surface area contributed by atoms with E-state index in [0.29, 0.717) is 5.70 Å². The highest BCUT2D eigenvalue weighted by Gasteiger charge is 2.51. The molecular formula is C19H22N2O. The summed E-state index contributed by atoms with van der Waals surface area (Å²) in [4.78, 5) is 18.1. The number of carbonyl (C=O) groups is 1. The number of Topliss-reactive ketones (excluding diaryl/α,β-unsaturated/α-hetero) is 1. The molecule has 1 fully saturated rings. The van der Waals surface area contributed by atoms with Crippen molar-refractivity contribution in [1.29, 1.82) is 0 Å². The third-order valence-electron chi connectivity index (χ3n) is 4.97. The first kappa shape index (κ1) is 14.8. The van der Waals surface area contributed by atoms with E-state index in [9.17, 15) is 4.79 Å². The van der Waals surface area contributed by atoms with Crippen molar-refractivity contribution < 1.29 is 4.79 Å². The van der Waals surface area contributed by atoms with Crippen molar-refractivity contribution in [3.8, 4) is 0 Å². The summed E-state index contributed by atoms with van der Waals surface area (Å²) in [6.07, 6.45) is 2.77. The molecule has 3 rings (SSSR count). The van der Waals surface area contributed by atoms with E-state index in [1.807, 2.05) is 19.9 Å². The standard InChI is InChI=1S/C19H22N2O/c1-13-7-6-8-14(2)16(13)21-11-19(12-21)9-15(20-5)17(22)18(3,4)10-19/h6-9H,10-12H2,1-4H3. The Labute approximate surface area is 132 Å². The smallest absolute Gasteiger partial charge is 0.226 e. The molecular weight excluding hydrogens is 272 g/mol. The number of nitrogens with zero attached hydrogens (tertiary/aromatic N) is 2. The third-order valence-corrected chi connectivity index (χ3v) is 4.97. The van der Waals surface area contributed by atoms with Crippen molar-refractivity contribution in [2.45, 2.75) is 34.1 Å². The normalized spacial score (nSPS) is 22.0. The van der Waals surface area contributed by atoms with Gasteiger partial charge in [-0.15, -0.1) is 0 Å². The molecule has 3 nitrogen and oxygen atoms in total. The second kappa shape index (κ2) is 4.71. The van der Waals surface area contributed by atoms with Crippen molar-refractivity contribution >= 4 is 11.5 Å². The van der Waals surface area contributed by atoms with Crippen LogP contribution in [0, 0.1) is 31.2 Å². The van der Waals surface area contributed by atoms with Crippen LogP contribution in [0.15, 0.2) is 30.0 Å². The minimum Gasteiger partial charge on any atom is -0.369 e. The van der Waals surface area contributed by atoms with E-state index in [4.69, 9.17) is 6.57 Å². The van der Waals surface area contributed by atoms with Gasteiger partial charge in [0.1, 0.15) is 0 Å². The molecule has 0 radical (unpaired) electrons. The first-order chi connectivity index (χ1) is 10.3. The first-order valence-corrected chi connectivity index (χ1v) is 7.74. The maximum atomic E-state index is 12.3. The molecule has 0 bridgehead atoms. The zero-order valence-corrected chi connectivity index (χ0v) is 13.7. The lowest BCUT2D eigenvalue weighted by Crippen LogP contribution is -2.59. The van der Waals surface area contributed by atoms with Crippen molar-refractivity contribution in [2.24, 2.45) is 10.8 Å². The monoisotopic (exact) mass is 294 g/mol. The molecule has 0 atom stereocenters. The number of benzene rings is 1. The van der Waals surface area contributed by atoms with Crippen LogP contribution in [0.2, 0.25) is 0 Å². The van der Waals surface area contributed by atoms with E-state index in [-0.39, 0.29) is 11.2 Å². The Bertz CT molecular complexity index is 695. The minimum absolute atomic E-state index is 0.00125. The fraction of sp³-hybridized carbons (Fsp3) is 0.474. The van der Waals surface area contributed by atoms with Crippen molar-refractivity contribution in [3.63, 3.8) is 0 Å². The molecule has 0 aromatic heterocycles. The van der Waals surface area contributed by atoms with Crippen LogP contribution in [0.3, 0.4) is 0 Å². The van der Waals surface area contributed by atoms with E-state index < -0.39 is 5.41 Å². The Morgan fingerprint density at radius 3 is 2.32 bits per heavy atom. The Balaban J connectivity index is 1.90. The summed E-state index contributed by atoms with van der Waals surface area (Å²) in [7, 11) is 0. The molecule has 22 heavy (non-hydrogen) atoms. The van der Waals surface area contributed by atoms with E-state index in [2.05, 4.69) is 41.8 Å². The summed E-state index contributed by atoms with van der Waals surface area (Å²) in [6.45, 7) is 17.3. The highest BCUT2D eigenvalue weighted by molar-refractivity contribution is 6.02. The summed E-state index contributed by atoms with van der Waals surface area (Å²) >= 11 is 0. The molecule has 0 N–H and O–H groups in total. The van der Waals surface area contributed by atoms with E-state index in [0.717, 1.165) is 19.5 Å². The van der Waals surface area contributed by atoms with Crippen LogP contribution >= 0.6 is 0 Å². The second-order valence-corrected chi connectivity index (χ2v) is 7.49. The summed E-state index contributed by atoms with van der Waals surface area (Å²) in [5.41, 5.74) is 3.76. The van der Waals surface area contributed by atoms with Gasteiger partial charge in [0.2, 0.25) is 5.70 Å². The summed E-state index contributed by atoms with van der Waals surface area (Å²) in [5, 5.41) is 0. The lowest BCUT2D eigenvalue weighted by atomic mass is 9.62. The molecule has 1 aromatic rings. The SMILES string of the molecule is [C-]#[N+]C1=CC2(CN(c3c(C)cccc3C)C2)CC(C)(C)C1=O. The predicted molar refractivity (Wildman–Crippen MR) is 88.7 cm³/mol. The Morgan fingerprint density at radius 2 is 1.77 bits per heavy atom. The van der Waals surface area contributed by atoms with Crippen LogP contribution in [0.4, 0.5) is 5.69 Å². The number of anilines is 1. The van der Waals surface area contributed by atoms with Gasteiger partial charge < -0.3 is 9.69 Å². The summed E-state index contributed by atoms with van der Waals surface area (Å²) in [6, 6.07) is 6.37. The maximum Gasteiger partial charge on any atom is 0.226 e. The van der Waals surface area contributed by atoms with Crippen molar-refractivity contribution in [2.75, 3.05) is 18.0 Å². The largest absolute Gasteiger partial charge is 0.369 e. The third kappa shape index (κ3) is 2.14. The van der Waals surface area contributed by atoms with Gasteiger partial charge in [0.05, 0.1) is 6.57 Å². The number of hydrogen-bond acceptors (Lipinski definition) is 2. The molecule has 1 saturated heterocycles. The van der Waals surface area contributed by atoms with Gasteiger partial charge in [-0.25, -0.2) is 4.85 Å². The minimum atomic E-state index is -0.429. The second-order valence-electron chi connectivity index (χ2n) is 7.49. The van der Waals surface area contributed by atoms with Gasteiger partial charge in [0.25, 0.3) is 0 Å². The fourth-order valence-corrected chi connectivity index (χ4v) is 4.18. The number of rotatable bonds is 1. The lowest BCUT2D eigenvalue weighted by molar-refractivity contribution is -0.125. The van der Waals surface area contributed by atoms with Gasteiger partial charge in [-0.1, -0.05) is 38.1 Å². The van der Waals surface area contributed by atoms with Gasteiger partial charge in [-0.3, -0.25) is 0 Å². The average molecular weight is 294 g/mol. The highest BCUT2D eigenvalue weighted by Crippen LogP contribution is 2.50. The molecule has 1 heterocycles. The first-order valence-electron chi connectivity index (χ1n) is 7.74. The fourth-order valence-electron chi connectivity index (χ4n) is 4.18. The maximum absolute atomic E-state index is 12.3. The summed E-state index contributed by atoms with van der Waals surface area (Å²) < 4.78 is 0.